The fourth-order valence-corrected chi connectivity index (χ4v) is 2.85. The zero-order valence-corrected chi connectivity index (χ0v) is 12.7. The minimum Gasteiger partial charge on any atom is -0.348 e. The van der Waals surface area contributed by atoms with Crippen molar-refractivity contribution in [3.05, 3.63) is 22.4 Å². The highest BCUT2D eigenvalue weighted by atomic mass is 32.1. The van der Waals surface area contributed by atoms with Crippen LogP contribution < -0.4 is 5.32 Å². The Balaban J connectivity index is 2.57. The van der Waals surface area contributed by atoms with Crippen LogP contribution in [0.5, 0.6) is 0 Å². The predicted octanol–water partition coefficient (Wildman–Crippen LogP) is 4.26. The summed E-state index contributed by atoms with van der Waals surface area (Å²) in [6.07, 6.45) is 0. The molecule has 2 rings (SSSR count). The van der Waals surface area contributed by atoms with Gasteiger partial charge in [-0.3, -0.25) is 4.79 Å². The summed E-state index contributed by atoms with van der Waals surface area (Å²) in [5.41, 5.74) is -6.65. The van der Waals surface area contributed by atoms with E-state index in [0.717, 1.165) is 16.7 Å². The second-order valence-electron chi connectivity index (χ2n) is 5.29. The van der Waals surface area contributed by atoms with Crippen LogP contribution in [-0.4, -0.2) is 41.2 Å². The molecule has 0 aliphatic heterocycles. The molecular formula is C12H6F11NOS. The van der Waals surface area contributed by atoms with Gasteiger partial charge in [0.2, 0.25) is 0 Å². The van der Waals surface area contributed by atoms with E-state index in [-0.39, 0.29) is 4.88 Å². The van der Waals surface area contributed by atoms with E-state index in [1.807, 2.05) is 0 Å². The minimum atomic E-state index is -7.34. The fourth-order valence-electron chi connectivity index (χ4n) is 2.21. The van der Waals surface area contributed by atoms with Gasteiger partial charge in [0.15, 0.2) is 0 Å². The summed E-state index contributed by atoms with van der Waals surface area (Å²) in [6, 6.07) is 2.48. The number of nitrogens with one attached hydrogen (secondary N) is 1. The Bertz CT molecular complexity index is 670. The van der Waals surface area contributed by atoms with Crippen LogP contribution in [0.3, 0.4) is 0 Å². The van der Waals surface area contributed by atoms with Crippen LogP contribution in [0, 0.1) is 0 Å². The zero-order valence-electron chi connectivity index (χ0n) is 11.9. The number of rotatable bonds is 3. The Hall–Kier alpha value is -1.60. The van der Waals surface area contributed by atoms with Gasteiger partial charge in [-0.05, 0) is 11.4 Å². The number of hydrogen-bond acceptors (Lipinski definition) is 2. The van der Waals surface area contributed by atoms with Gasteiger partial charge in [0.25, 0.3) is 5.91 Å². The molecule has 0 atom stereocenters. The maximum atomic E-state index is 14.3. The van der Waals surface area contributed by atoms with Crippen molar-refractivity contribution in [2.75, 3.05) is 0 Å². The van der Waals surface area contributed by atoms with E-state index in [0.29, 0.717) is 0 Å². The average Bonchev–Trinajstić information content (AvgIpc) is 3.03. The SMILES string of the molecule is O=C(NCc1cccs1)C1(F)C(F)(F)C(F)(F)C(F)(F)C(F)(F)C1(F)F. The molecule has 1 aliphatic rings. The summed E-state index contributed by atoms with van der Waals surface area (Å²) >= 11 is 0.781. The first-order chi connectivity index (χ1) is 11.5. The third-order valence-electron chi connectivity index (χ3n) is 3.76. The van der Waals surface area contributed by atoms with Gasteiger partial charge >= 0.3 is 35.3 Å². The van der Waals surface area contributed by atoms with Crippen molar-refractivity contribution in [2.45, 2.75) is 41.8 Å². The van der Waals surface area contributed by atoms with Gasteiger partial charge in [-0.15, -0.1) is 11.3 Å². The summed E-state index contributed by atoms with van der Waals surface area (Å²) < 4.78 is 148. The molecule has 26 heavy (non-hydrogen) atoms. The lowest BCUT2D eigenvalue weighted by Gasteiger charge is -2.51. The Morgan fingerprint density at radius 3 is 1.62 bits per heavy atom. The van der Waals surface area contributed by atoms with E-state index in [4.69, 9.17) is 0 Å². The van der Waals surface area contributed by atoms with Crippen LogP contribution in [0.2, 0.25) is 0 Å². The summed E-state index contributed by atoms with van der Waals surface area (Å²) in [6.45, 7) is -0.970. The summed E-state index contributed by atoms with van der Waals surface area (Å²) in [4.78, 5) is 11.5. The normalized spacial score (nSPS) is 26.9. The third kappa shape index (κ3) is 2.07. The quantitative estimate of drug-likeness (QED) is 0.727. The van der Waals surface area contributed by atoms with Crippen molar-refractivity contribution in [3.63, 3.8) is 0 Å². The predicted molar refractivity (Wildman–Crippen MR) is 64.7 cm³/mol. The van der Waals surface area contributed by atoms with Crippen LogP contribution in [0.25, 0.3) is 0 Å². The second-order valence-corrected chi connectivity index (χ2v) is 6.32. The molecule has 0 radical (unpaired) electrons. The number of carbonyl (C=O) groups is 1. The van der Waals surface area contributed by atoms with E-state index < -0.39 is 47.7 Å². The molecule has 1 heterocycles. The Kier molecular flexibility index (Phi) is 4.34. The van der Waals surface area contributed by atoms with E-state index >= 15 is 0 Å². The highest BCUT2D eigenvalue weighted by Gasteiger charge is 3.02. The van der Waals surface area contributed by atoms with Gasteiger partial charge in [0, 0.05) is 4.88 Å². The van der Waals surface area contributed by atoms with Crippen LogP contribution in [-0.2, 0) is 11.3 Å². The van der Waals surface area contributed by atoms with Crippen molar-refractivity contribution in [3.8, 4) is 0 Å². The van der Waals surface area contributed by atoms with E-state index in [2.05, 4.69) is 0 Å². The number of thiophene rings is 1. The molecule has 0 aromatic carbocycles. The molecule has 1 aromatic rings. The molecule has 0 unspecified atom stereocenters. The van der Waals surface area contributed by atoms with Crippen LogP contribution in [0.15, 0.2) is 17.5 Å². The van der Waals surface area contributed by atoms with Crippen molar-refractivity contribution in [1.82, 2.24) is 5.32 Å². The first-order valence-corrected chi connectivity index (χ1v) is 7.26. The topological polar surface area (TPSA) is 29.1 Å². The highest BCUT2D eigenvalue weighted by molar-refractivity contribution is 7.09. The molecule has 0 bridgehead atoms. The van der Waals surface area contributed by atoms with Gasteiger partial charge in [0.05, 0.1) is 6.54 Å². The fraction of sp³-hybridized carbons (Fsp3) is 0.583. The van der Waals surface area contributed by atoms with Gasteiger partial charge in [-0.2, -0.15) is 43.9 Å². The molecule has 1 N–H and O–H groups in total. The maximum absolute atomic E-state index is 14.3. The minimum absolute atomic E-state index is 0.0215. The van der Waals surface area contributed by atoms with Gasteiger partial charge in [-0.1, -0.05) is 6.07 Å². The summed E-state index contributed by atoms with van der Waals surface area (Å²) in [7, 11) is 0. The maximum Gasteiger partial charge on any atom is 0.384 e. The van der Waals surface area contributed by atoms with E-state index in [1.54, 1.807) is 0 Å². The smallest absolute Gasteiger partial charge is 0.348 e. The molecule has 1 amide bonds. The molecular weight excluding hydrogens is 415 g/mol. The number of carbonyl (C=O) groups excluding carboxylic acids is 1. The largest absolute Gasteiger partial charge is 0.384 e. The number of amides is 1. The Morgan fingerprint density at radius 2 is 1.23 bits per heavy atom. The second kappa shape index (κ2) is 5.45. The lowest BCUT2D eigenvalue weighted by atomic mass is 9.71. The van der Waals surface area contributed by atoms with Crippen LogP contribution in [0.1, 0.15) is 4.88 Å². The molecule has 14 heteroatoms. The van der Waals surface area contributed by atoms with E-state index in [9.17, 15) is 53.1 Å². The third-order valence-corrected chi connectivity index (χ3v) is 4.64. The first kappa shape index (κ1) is 20.7. The monoisotopic (exact) mass is 421 g/mol. The van der Waals surface area contributed by atoms with Gasteiger partial charge in [0.1, 0.15) is 0 Å². The van der Waals surface area contributed by atoms with Gasteiger partial charge in [-0.25, -0.2) is 4.39 Å². The summed E-state index contributed by atoms with van der Waals surface area (Å²) in [5.74, 6) is -39.5. The Morgan fingerprint density at radius 1 is 0.808 bits per heavy atom. The lowest BCUT2D eigenvalue weighted by molar-refractivity contribution is -0.476. The Labute approximate surface area is 141 Å². The zero-order chi connectivity index (χ0) is 20.4. The van der Waals surface area contributed by atoms with Crippen LogP contribution >= 0.6 is 11.3 Å². The van der Waals surface area contributed by atoms with Crippen molar-refractivity contribution in [1.29, 1.82) is 0 Å². The van der Waals surface area contributed by atoms with Crippen LogP contribution in [0.4, 0.5) is 48.3 Å². The first-order valence-electron chi connectivity index (χ1n) is 6.39. The van der Waals surface area contributed by atoms with E-state index in [1.165, 1.54) is 17.5 Å². The van der Waals surface area contributed by atoms with Gasteiger partial charge < -0.3 is 5.32 Å². The molecule has 1 aromatic heterocycles. The molecule has 0 saturated heterocycles. The molecule has 0 spiro atoms. The molecule has 1 fully saturated rings. The number of alkyl halides is 11. The van der Waals surface area contributed by atoms with Crippen molar-refractivity contribution < 1.29 is 53.1 Å². The van der Waals surface area contributed by atoms with Crippen molar-refractivity contribution in [2.24, 2.45) is 0 Å². The molecule has 1 aliphatic carbocycles. The summed E-state index contributed by atoms with van der Waals surface area (Å²) in [5, 5.41) is 2.37. The number of halogens is 11. The average molecular weight is 421 g/mol. The lowest BCUT2D eigenvalue weighted by Crippen LogP contribution is -2.86. The molecule has 148 valence electrons. The standard InChI is InChI=1S/C12H6F11NOS/c13-7(6(25)24-4-5-2-1-3-26-5)8(14,15)10(18,19)12(22,23)11(20,21)9(7,16)17/h1-3H,4H2,(H,24,25). The number of hydrogen-bond donors (Lipinski definition) is 1. The molecule has 2 nitrogen and oxygen atoms in total. The highest BCUT2D eigenvalue weighted by Crippen LogP contribution is 2.69. The molecule has 1 saturated carbocycles. The van der Waals surface area contributed by atoms with Crippen molar-refractivity contribution >= 4 is 17.2 Å².